The van der Waals surface area contributed by atoms with E-state index in [-0.39, 0.29) is 0 Å². The molecule has 3 aromatic rings. The van der Waals surface area contributed by atoms with Crippen molar-refractivity contribution in [2.45, 2.75) is 13.5 Å². The molecule has 3 rings (SSSR count). The van der Waals surface area contributed by atoms with Crippen molar-refractivity contribution in [3.8, 4) is 0 Å². The van der Waals surface area contributed by atoms with Gasteiger partial charge in [0, 0.05) is 35.8 Å². The Balaban J connectivity index is 1.69. The van der Waals surface area contributed by atoms with Crippen LogP contribution in [-0.2, 0) is 6.54 Å². The standard InChI is InChI=1S/C17H16ClN5/c1-12-10-14(18)2-3-15(12)22-17-20-9-6-16(23-17)21-11-13-4-7-19-8-5-13/h2-10H,11H2,1H3,(H2,20,21,22,23). The third-order valence-electron chi connectivity index (χ3n) is 3.31. The molecule has 23 heavy (non-hydrogen) atoms. The quantitative estimate of drug-likeness (QED) is 0.736. The Morgan fingerprint density at radius 1 is 1.04 bits per heavy atom. The molecule has 2 aromatic heterocycles. The summed E-state index contributed by atoms with van der Waals surface area (Å²) in [4.78, 5) is 12.7. The van der Waals surface area contributed by atoms with Crippen LogP contribution in [-0.4, -0.2) is 15.0 Å². The molecule has 5 nitrogen and oxygen atoms in total. The molecule has 6 heteroatoms. The van der Waals surface area contributed by atoms with Gasteiger partial charge in [-0.1, -0.05) is 11.6 Å². The topological polar surface area (TPSA) is 62.7 Å². The number of anilines is 3. The normalized spacial score (nSPS) is 10.3. The number of nitrogens with one attached hydrogen (secondary N) is 2. The molecule has 0 unspecified atom stereocenters. The van der Waals surface area contributed by atoms with Gasteiger partial charge in [-0.2, -0.15) is 4.98 Å². The molecule has 116 valence electrons. The van der Waals surface area contributed by atoms with Crippen molar-refractivity contribution in [3.63, 3.8) is 0 Å². The van der Waals surface area contributed by atoms with Crippen LogP contribution in [0, 0.1) is 6.92 Å². The Bertz CT molecular complexity index is 792. The predicted octanol–water partition coefficient (Wildman–Crippen LogP) is 4.19. The van der Waals surface area contributed by atoms with Crippen LogP contribution in [0.4, 0.5) is 17.5 Å². The molecule has 2 heterocycles. The first kappa shape index (κ1) is 15.2. The van der Waals surface area contributed by atoms with Gasteiger partial charge in [-0.05, 0) is 54.4 Å². The highest BCUT2D eigenvalue weighted by molar-refractivity contribution is 6.30. The van der Waals surface area contributed by atoms with Gasteiger partial charge < -0.3 is 10.6 Å². The molecule has 2 N–H and O–H groups in total. The second kappa shape index (κ2) is 7.07. The molecule has 0 radical (unpaired) electrons. The molecule has 0 aliphatic carbocycles. The molecule has 0 amide bonds. The summed E-state index contributed by atoms with van der Waals surface area (Å²) in [5.41, 5.74) is 3.11. The van der Waals surface area contributed by atoms with Crippen LogP contribution in [0.15, 0.2) is 55.0 Å². The number of pyridine rings is 1. The average Bonchev–Trinajstić information content (AvgIpc) is 2.57. The summed E-state index contributed by atoms with van der Waals surface area (Å²) in [6.07, 6.45) is 5.26. The summed E-state index contributed by atoms with van der Waals surface area (Å²) in [6.45, 7) is 2.67. The Morgan fingerprint density at radius 2 is 1.87 bits per heavy atom. The minimum atomic E-state index is 0.537. The lowest BCUT2D eigenvalue weighted by atomic mass is 10.2. The van der Waals surface area contributed by atoms with E-state index in [1.807, 2.05) is 43.3 Å². The van der Waals surface area contributed by atoms with Gasteiger partial charge in [-0.25, -0.2) is 4.98 Å². The van der Waals surface area contributed by atoms with Gasteiger partial charge in [0.05, 0.1) is 0 Å². The zero-order chi connectivity index (χ0) is 16.1. The van der Waals surface area contributed by atoms with E-state index in [4.69, 9.17) is 11.6 Å². The lowest BCUT2D eigenvalue weighted by Crippen LogP contribution is -2.04. The van der Waals surface area contributed by atoms with Crippen molar-refractivity contribution in [1.82, 2.24) is 15.0 Å². The number of rotatable bonds is 5. The maximum absolute atomic E-state index is 5.97. The summed E-state index contributed by atoms with van der Waals surface area (Å²) in [5, 5.41) is 7.19. The van der Waals surface area contributed by atoms with Crippen molar-refractivity contribution in [3.05, 3.63) is 71.1 Å². The average molecular weight is 326 g/mol. The highest BCUT2D eigenvalue weighted by atomic mass is 35.5. The largest absolute Gasteiger partial charge is 0.366 e. The number of halogens is 1. The maximum Gasteiger partial charge on any atom is 0.229 e. The van der Waals surface area contributed by atoms with Crippen molar-refractivity contribution in [2.24, 2.45) is 0 Å². The maximum atomic E-state index is 5.97. The van der Waals surface area contributed by atoms with Gasteiger partial charge in [-0.3, -0.25) is 4.98 Å². The number of hydrogen-bond acceptors (Lipinski definition) is 5. The van der Waals surface area contributed by atoms with Crippen molar-refractivity contribution < 1.29 is 0 Å². The minimum Gasteiger partial charge on any atom is -0.366 e. The fraction of sp³-hybridized carbons (Fsp3) is 0.118. The number of nitrogens with zero attached hydrogens (tertiary/aromatic N) is 3. The zero-order valence-corrected chi connectivity index (χ0v) is 13.4. The van der Waals surface area contributed by atoms with E-state index < -0.39 is 0 Å². The van der Waals surface area contributed by atoms with Gasteiger partial charge in [0.15, 0.2) is 0 Å². The Hall–Kier alpha value is -2.66. The predicted molar refractivity (Wildman–Crippen MR) is 93.1 cm³/mol. The second-order valence-corrected chi connectivity index (χ2v) is 5.50. The first-order valence-electron chi connectivity index (χ1n) is 7.20. The highest BCUT2D eigenvalue weighted by Gasteiger charge is 2.03. The molecule has 1 aromatic carbocycles. The Morgan fingerprint density at radius 3 is 2.65 bits per heavy atom. The monoisotopic (exact) mass is 325 g/mol. The number of aryl methyl sites for hydroxylation is 1. The van der Waals surface area contributed by atoms with E-state index >= 15 is 0 Å². The SMILES string of the molecule is Cc1cc(Cl)ccc1Nc1nccc(NCc2ccncc2)n1. The van der Waals surface area contributed by atoms with E-state index in [0.29, 0.717) is 17.5 Å². The molecule has 0 spiro atoms. The highest BCUT2D eigenvalue weighted by Crippen LogP contribution is 2.22. The molecule has 0 atom stereocenters. The van der Waals surface area contributed by atoms with Gasteiger partial charge in [0.2, 0.25) is 5.95 Å². The third-order valence-corrected chi connectivity index (χ3v) is 3.55. The van der Waals surface area contributed by atoms with Crippen molar-refractivity contribution in [1.29, 1.82) is 0 Å². The lowest BCUT2D eigenvalue weighted by molar-refractivity contribution is 1.07. The van der Waals surface area contributed by atoms with E-state index in [0.717, 1.165) is 22.6 Å². The van der Waals surface area contributed by atoms with E-state index in [1.165, 1.54) is 0 Å². The summed E-state index contributed by atoms with van der Waals surface area (Å²) < 4.78 is 0. The van der Waals surface area contributed by atoms with Gasteiger partial charge in [-0.15, -0.1) is 0 Å². The van der Waals surface area contributed by atoms with Crippen LogP contribution in [0.25, 0.3) is 0 Å². The molecule has 0 fully saturated rings. The van der Waals surface area contributed by atoms with Crippen molar-refractivity contribution in [2.75, 3.05) is 10.6 Å². The number of aromatic nitrogens is 3. The fourth-order valence-electron chi connectivity index (χ4n) is 2.10. The zero-order valence-electron chi connectivity index (χ0n) is 12.6. The first-order chi connectivity index (χ1) is 11.2. The second-order valence-electron chi connectivity index (χ2n) is 5.06. The van der Waals surface area contributed by atoms with Crippen LogP contribution < -0.4 is 10.6 Å². The lowest BCUT2D eigenvalue weighted by Gasteiger charge is -2.10. The molecule has 0 bridgehead atoms. The van der Waals surface area contributed by atoms with Gasteiger partial charge in [0.1, 0.15) is 5.82 Å². The summed E-state index contributed by atoms with van der Waals surface area (Å²) >= 11 is 5.97. The van der Waals surface area contributed by atoms with Crippen LogP contribution in [0.1, 0.15) is 11.1 Å². The van der Waals surface area contributed by atoms with Crippen LogP contribution in [0.3, 0.4) is 0 Å². The smallest absolute Gasteiger partial charge is 0.229 e. The van der Waals surface area contributed by atoms with Gasteiger partial charge >= 0.3 is 0 Å². The third kappa shape index (κ3) is 4.17. The van der Waals surface area contributed by atoms with Gasteiger partial charge in [0.25, 0.3) is 0 Å². The summed E-state index contributed by atoms with van der Waals surface area (Å²) in [5.74, 6) is 1.29. The molecule has 0 aliphatic rings. The molecular weight excluding hydrogens is 310 g/mol. The van der Waals surface area contributed by atoms with Crippen molar-refractivity contribution >= 4 is 29.1 Å². The minimum absolute atomic E-state index is 0.537. The molecule has 0 saturated carbocycles. The number of hydrogen-bond donors (Lipinski definition) is 2. The summed E-state index contributed by atoms with van der Waals surface area (Å²) in [6, 6.07) is 11.4. The molecular formula is C17H16ClN5. The molecule has 0 saturated heterocycles. The van der Waals surface area contributed by atoms with E-state index in [1.54, 1.807) is 18.6 Å². The fourth-order valence-corrected chi connectivity index (χ4v) is 2.33. The number of benzene rings is 1. The Kier molecular flexibility index (Phi) is 4.68. The Labute approximate surface area is 139 Å². The van der Waals surface area contributed by atoms with E-state index in [2.05, 4.69) is 25.6 Å². The van der Waals surface area contributed by atoms with Crippen LogP contribution in [0.2, 0.25) is 5.02 Å². The van der Waals surface area contributed by atoms with Crippen LogP contribution in [0.5, 0.6) is 0 Å². The first-order valence-corrected chi connectivity index (χ1v) is 7.57. The molecule has 0 aliphatic heterocycles. The summed E-state index contributed by atoms with van der Waals surface area (Å²) in [7, 11) is 0. The van der Waals surface area contributed by atoms with E-state index in [9.17, 15) is 0 Å². The van der Waals surface area contributed by atoms with Crippen LogP contribution >= 0.6 is 11.6 Å².